The van der Waals surface area contributed by atoms with Crippen molar-refractivity contribution in [1.29, 1.82) is 0 Å². The molecule has 0 heterocycles. The van der Waals surface area contributed by atoms with Crippen LogP contribution in [0, 0.1) is 0 Å². The van der Waals surface area contributed by atoms with Gasteiger partial charge in [0.1, 0.15) is 0 Å². The molecule has 1 aromatic carbocycles. The average Bonchev–Trinajstić information content (AvgIpc) is 2.20. The molecule has 0 spiro atoms. The van der Waals surface area contributed by atoms with Crippen LogP contribution in [0.5, 0.6) is 0 Å². The Hall–Kier alpha value is -0.280. The van der Waals surface area contributed by atoms with Gasteiger partial charge in [-0.05, 0) is 23.6 Å². The quantitative estimate of drug-likeness (QED) is 0.844. The van der Waals surface area contributed by atoms with Crippen LogP contribution in [0.15, 0.2) is 12.1 Å². The van der Waals surface area contributed by atoms with Gasteiger partial charge in [0.25, 0.3) is 0 Å². The van der Waals surface area contributed by atoms with Crippen LogP contribution in [0.1, 0.15) is 24.1 Å². The Labute approximate surface area is 93.6 Å². The summed E-state index contributed by atoms with van der Waals surface area (Å²) in [6.07, 6.45) is 0.752. The minimum absolute atomic E-state index is 0.0923. The summed E-state index contributed by atoms with van der Waals surface area (Å²) in [5, 5.41) is 10.0. The number of hydrogen-bond donors (Lipinski definition) is 2. The van der Waals surface area contributed by atoms with Crippen molar-refractivity contribution < 1.29 is 5.11 Å². The first-order valence-corrected chi connectivity index (χ1v) is 5.20. The molecule has 0 aliphatic rings. The molecule has 3 N–H and O–H groups in total. The second-order valence-corrected chi connectivity index (χ2v) is 3.86. The highest BCUT2D eigenvalue weighted by Gasteiger charge is 2.13. The van der Waals surface area contributed by atoms with Crippen molar-refractivity contribution in [1.82, 2.24) is 0 Å². The van der Waals surface area contributed by atoms with Crippen LogP contribution in [0.4, 0.5) is 0 Å². The predicted molar refractivity (Wildman–Crippen MR) is 59.9 cm³/mol. The van der Waals surface area contributed by atoms with Crippen LogP contribution in [0.2, 0.25) is 10.0 Å². The van der Waals surface area contributed by atoms with E-state index in [1.165, 1.54) is 0 Å². The number of aliphatic hydroxyl groups is 1. The van der Waals surface area contributed by atoms with E-state index in [1.807, 2.05) is 13.0 Å². The van der Waals surface area contributed by atoms with Gasteiger partial charge in [-0.2, -0.15) is 0 Å². The molecule has 14 heavy (non-hydrogen) atoms. The van der Waals surface area contributed by atoms with E-state index in [0.29, 0.717) is 10.0 Å². The molecule has 78 valence electrons. The fourth-order valence-corrected chi connectivity index (χ4v) is 1.90. The molecule has 0 radical (unpaired) electrons. The average molecular weight is 234 g/mol. The van der Waals surface area contributed by atoms with E-state index in [0.717, 1.165) is 17.5 Å². The zero-order chi connectivity index (χ0) is 10.7. The predicted octanol–water partition coefficient (Wildman–Crippen LogP) is 2.55. The topological polar surface area (TPSA) is 46.2 Å². The van der Waals surface area contributed by atoms with Gasteiger partial charge in [-0.15, -0.1) is 0 Å². The molecule has 1 aromatic rings. The summed E-state index contributed by atoms with van der Waals surface area (Å²) in [6, 6.07) is 3.13. The van der Waals surface area contributed by atoms with Crippen molar-refractivity contribution in [3.05, 3.63) is 33.3 Å². The van der Waals surface area contributed by atoms with Crippen molar-refractivity contribution in [2.45, 2.75) is 19.4 Å². The van der Waals surface area contributed by atoms with E-state index < -0.39 is 0 Å². The Bertz CT molecular complexity index is 328. The zero-order valence-electron chi connectivity index (χ0n) is 7.93. The molecule has 0 fully saturated rings. The zero-order valence-corrected chi connectivity index (χ0v) is 9.44. The minimum atomic E-state index is -0.389. The summed E-state index contributed by atoms with van der Waals surface area (Å²) in [7, 11) is 0. The lowest BCUT2D eigenvalue weighted by atomic mass is 9.99. The van der Waals surface area contributed by atoms with E-state index in [2.05, 4.69) is 0 Å². The van der Waals surface area contributed by atoms with Crippen molar-refractivity contribution >= 4 is 23.2 Å². The Morgan fingerprint density at radius 2 is 2.07 bits per heavy atom. The number of benzene rings is 1. The lowest BCUT2D eigenvalue weighted by Gasteiger charge is -2.15. The van der Waals surface area contributed by atoms with Crippen LogP contribution >= 0.6 is 23.2 Å². The molecule has 1 atom stereocenters. The summed E-state index contributed by atoms with van der Waals surface area (Å²) < 4.78 is 0. The molecule has 0 aliphatic heterocycles. The molecule has 0 saturated carbocycles. The van der Waals surface area contributed by atoms with E-state index in [4.69, 9.17) is 34.0 Å². The lowest BCUT2D eigenvalue weighted by molar-refractivity contribution is 0.267. The summed E-state index contributed by atoms with van der Waals surface area (Å²) in [6.45, 7) is 1.89. The maximum Gasteiger partial charge on any atom is 0.0627 e. The smallest absolute Gasteiger partial charge is 0.0627 e. The van der Waals surface area contributed by atoms with Gasteiger partial charge in [0.2, 0.25) is 0 Å². The Kier molecular flexibility index (Phi) is 4.20. The maximum absolute atomic E-state index is 8.97. The van der Waals surface area contributed by atoms with Crippen LogP contribution in [-0.4, -0.2) is 11.7 Å². The molecule has 0 amide bonds. The Balaban J connectivity index is 3.23. The second kappa shape index (κ2) is 4.99. The molecule has 1 unspecified atom stereocenters. The largest absolute Gasteiger partial charge is 0.394 e. The molecule has 4 heteroatoms. The van der Waals surface area contributed by atoms with Crippen LogP contribution in [0.25, 0.3) is 0 Å². The number of hydrogen-bond acceptors (Lipinski definition) is 2. The third-order valence-electron chi connectivity index (χ3n) is 2.18. The molecule has 0 aliphatic carbocycles. The van der Waals surface area contributed by atoms with Crippen molar-refractivity contribution in [2.24, 2.45) is 5.73 Å². The second-order valence-electron chi connectivity index (χ2n) is 3.07. The van der Waals surface area contributed by atoms with E-state index in [-0.39, 0.29) is 12.6 Å². The molecule has 0 aromatic heterocycles. The first kappa shape index (κ1) is 11.8. The van der Waals surface area contributed by atoms with Gasteiger partial charge < -0.3 is 10.8 Å². The van der Waals surface area contributed by atoms with E-state index in [9.17, 15) is 0 Å². The first-order chi connectivity index (χ1) is 6.61. The van der Waals surface area contributed by atoms with Gasteiger partial charge in [-0.1, -0.05) is 36.2 Å². The first-order valence-electron chi connectivity index (χ1n) is 4.45. The van der Waals surface area contributed by atoms with E-state index in [1.54, 1.807) is 6.07 Å². The third-order valence-corrected chi connectivity index (χ3v) is 3.03. The third kappa shape index (κ3) is 2.20. The van der Waals surface area contributed by atoms with Gasteiger partial charge in [-0.25, -0.2) is 0 Å². The SMILES string of the molecule is CCc1c(C(N)CO)ccc(Cl)c1Cl. The lowest BCUT2D eigenvalue weighted by Crippen LogP contribution is -2.16. The Morgan fingerprint density at radius 1 is 1.43 bits per heavy atom. The van der Waals surface area contributed by atoms with Crippen molar-refractivity contribution in [3.63, 3.8) is 0 Å². The highest BCUT2D eigenvalue weighted by Crippen LogP contribution is 2.31. The molecule has 2 nitrogen and oxygen atoms in total. The van der Waals surface area contributed by atoms with Crippen LogP contribution < -0.4 is 5.73 Å². The molecule has 0 saturated heterocycles. The van der Waals surface area contributed by atoms with Gasteiger partial charge >= 0.3 is 0 Å². The van der Waals surface area contributed by atoms with Gasteiger partial charge in [0.15, 0.2) is 0 Å². The summed E-state index contributed by atoms with van der Waals surface area (Å²) in [4.78, 5) is 0. The highest BCUT2D eigenvalue weighted by atomic mass is 35.5. The summed E-state index contributed by atoms with van der Waals surface area (Å²) in [5.74, 6) is 0. The summed E-state index contributed by atoms with van der Waals surface area (Å²) in [5.41, 5.74) is 7.52. The van der Waals surface area contributed by atoms with Crippen molar-refractivity contribution in [2.75, 3.05) is 6.61 Å². The minimum Gasteiger partial charge on any atom is -0.394 e. The van der Waals surface area contributed by atoms with Gasteiger partial charge in [-0.3, -0.25) is 0 Å². The highest BCUT2D eigenvalue weighted by molar-refractivity contribution is 6.42. The fourth-order valence-electron chi connectivity index (χ4n) is 1.41. The van der Waals surface area contributed by atoms with Crippen molar-refractivity contribution in [3.8, 4) is 0 Å². The standard InChI is InChI=1S/C10H13Cl2NO/c1-2-6-7(9(13)5-14)3-4-8(11)10(6)12/h3-4,9,14H,2,5,13H2,1H3. The number of nitrogens with two attached hydrogens (primary N) is 1. The summed E-state index contributed by atoms with van der Waals surface area (Å²) >= 11 is 11.9. The van der Waals surface area contributed by atoms with E-state index >= 15 is 0 Å². The molecular weight excluding hydrogens is 221 g/mol. The van der Waals surface area contributed by atoms with Gasteiger partial charge in [0, 0.05) is 0 Å². The van der Waals surface area contributed by atoms with Gasteiger partial charge in [0.05, 0.1) is 22.7 Å². The monoisotopic (exact) mass is 233 g/mol. The number of rotatable bonds is 3. The van der Waals surface area contributed by atoms with Crippen LogP contribution in [-0.2, 0) is 6.42 Å². The van der Waals surface area contributed by atoms with Crippen LogP contribution in [0.3, 0.4) is 0 Å². The fraction of sp³-hybridized carbons (Fsp3) is 0.400. The normalized spacial score (nSPS) is 12.9. The number of halogens is 2. The Morgan fingerprint density at radius 3 is 2.57 bits per heavy atom. The maximum atomic E-state index is 8.97. The number of aliphatic hydroxyl groups excluding tert-OH is 1. The molecule has 0 bridgehead atoms. The molecule has 1 rings (SSSR count). The molecular formula is C10H13Cl2NO.